The molecular weight excluding hydrogens is 431 g/mol. The fraction of sp³-hybridized carbons (Fsp3) is 0.294. The number of nitrogens with one attached hydrogen (secondary N) is 1. The maximum absolute atomic E-state index is 12.5. The van der Waals surface area contributed by atoms with Crippen LogP contribution in [0.25, 0.3) is 5.53 Å². The van der Waals surface area contributed by atoms with Crippen molar-refractivity contribution in [3.8, 4) is 11.5 Å². The van der Waals surface area contributed by atoms with Crippen LogP contribution in [0.1, 0.15) is 30.6 Å². The number of allylic oxidation sites excluding steroid dienone is 3. The van der Waals surface area contributed by atoms with Crippen molar-refractivity contribution in [1.82, 2.24) is 5.32 Å². The van der Waals surface area contributed by atoms with E-state index in [0.29, 0.717) is 48.1 Å². The summed E-state index contributed by atoms with van der Waals surface area (Å²) < 4.78 is 10.9. The van der Waals surface area contributed by atoms with Crippen molar-refractivity contribution in [2.45, 2.75) is 20.3 Å². The maximum Gasteiger partial charge on any atom is 2.00 e. The molecule has 0 radical (unpaired) electrons. The fourth-order valence-electron chi connectivity index (χ4n) is 2.13. The van der Waals surface area contributed by atoms with Gasteiger partial charge in [-0.05, 0) is 44.2 Å². The van der Waals surface area contributed by atoms with E-state index in [9.17, 15) is 4.79 Å². The van der Waals surface area contributed by atoms with Gasteiger partial charge in [-0.15, -0.1) is 0 Å². The second-order valence-corrected chi connectivity index (χ2v) is 4.77. The second kappa shape index (κ2) is 13.5. The second-order valence-electron chi connectivity index (χ2n) is 4.77. The van der Waals surface area contributed by atoms with E-state index < -0.39 is 0 Å². The molecule has 0 unspecified atom stereocenters. The molecule has 0 bridgehead atoms. The Bertz CT molecular complexity index is 717. The van der Waals surface area contributed by atoms with E-state index in [4.69, 9.17) is 15.0 Å². The Morgan fingerprint density at radius 1 is 1.19 bits per heavy atom. The SMILES string of the molecule is CCOc1ccc(OCC)c(C(=O)NC2=CCC(=[N+]=[N-])C=C2)c1.[Cl-].[Cl-].[Zn+2]. The molecule has 0 atom stereocenters. The van der Waals surface area contributed by atoms with Gasteiger partial charge in [-0.3, -0.25) is 4.79 Å². The van der Waals surface area contributed by atoms with E-state index in [2.05, 4.69) is 10.1 Å². The molecule has 0 fully saturated rings. The van der Waals surface area contributed by atoms with Crippen LogP contribution in [0.4, 0.5) is 0 Å². The van der Waals surface area contributed by atoms with Gasteiger partial charge in [0, 0.05) is 11.8 Å². The average Bonchev–Trinajstić information content (AvgIpc) is 2.57. The van der Waals surface area contributed by atoms with E-state index in [1.807, 2.05) is 13.8 Å². The van der Waals surface area contributed by atoms with Crippen LogP contribution in [0.3, 0.4) is 0 Å². The maximum atomic E-state index is 12.5. The van der Waals surface area contributed by atoms with Gasteiger partial charge in [0.05, 0.1) is 25.2 Å². The number of hydrogen-bond donors (Lipinski definition) is 1. The Morgan fingerprint density at radius 2 is 1.88 bits per heavy atom. The monoisotopic (exact) mass is 447 g/mol. The van der Waals surface area contributed by atoms with E-state index in [1.54, 1.807) is 36.4 Å². The van der Waals surface area contributed by atoms with Gasteiger partial charge in [0.15, 0.2) is 0 Å². The van der Waals surface area contributed by atoms with E-state index >= 15 is 0 Å². The van der Waals surface area contributed by atoms with Crippen molar-refractivity contribution in [3.05, 3.63) is 53.2 Å². The third-order valence-electron chi connectivity index (χ3n) is 3.18. The number of nitrogens with zero attached hydrogens (tertiary/aromatic N) is 2. The molecule has 2 rings (SSSR count). The van der Waals surface area contributed by atoms with Gasteiger partial charge >= 0.3 is 19.5 Å². The summed E-state index contributed by atoms with van der Waals surface area (Å²) >= 11 is 0. The molecule has 0 heterocycles. The summed E-state index contributed by atoms with van der Waals surface area (Å²) in [5.41, 5.74) is 10.3. The van der Waals surface area contributed by atoms with Gasteiger partial charge < -0.3 is 45.1 Å². The number of rotatable bonds is 6. The molecule has 1 aromatic carbocycles. The van der Waals surface area contributed by atoms with Crippen molar-refractivity contribution in [1.29, 1.82) is 0 Å². The smallest absolute Gasteiger partial charge is 1.00 e. The molecule has 136 valence electrons. The zero-order valence-corrected chi connectivity index (χ0v) is 19.1. The summed E-state index contributed by atoms with van der Waals surface area (Å²) in [5, 5.41) is 2.81. The first-order chi connectivity index (χ1) is 11.2. The number of benzene rings is 1. The predicted octanol–water partition coefficient (Wildman–Crippen LogP) is -3.27. The van der Waals surface area contributed by atoms with Gasteiger partial charge in [-0.2, -0.15) is 4.79 Å². The minimum absolute atomic E-state index is 0. The molecule has 0 aromatic heterocycles. The molecule has 1 aliphatic carbocycles. The summed E-state index contributed by atoms with van der Waals surface area (Å²) in [6.07, 6.45) is 5.57. The third kappa shape index (κ3) is 7.30. The zero-order valence-electron chi connectivity index (χ0n) is 14.7. The van der Waals surface area contributed by atoms with Crippen LogP contribution in [-0.4, -0.2) is 29.6 Å². The molecule has 0 spiro atoms. The number of carbonyl (C=O) groups excluding carboxylic acids is 1. The molecule has 1 amide bonds. The summed E-state index contributed by atoms with van der Waals surface area (Å²) in [6.45, 7) is 4.73. The molecule has 1 aromatic rings. The number of ether oxygens (including phenoxy) is 2. The Labute approximate surface area is 178 Å². The molecule has 6 nitrogen and oxygen atoms in total. The topological polar surface area (TPSA) is 84.0 Å². The Morgan fingerprint density at radius 3 is 2.42 bits per heavy atom. The first kappa shape index (κ1) is 26.6. The van der Waals surface area contributed by atoms with Gasteiger partial charge in [-0.25, -0.2) is 0 Å². The van der Waals surface area contributed by atoms with Gasteiger partial charge in [0.2, 0.25) is 0 Å². The van der Waals surface area contributed by atoms with E-state index in [-0.39, 0.29) is 50.2 Å². The number of hydrogen-bond acceptors (Lipinski definition) is 3. The zero-order chi connectivity index (χ0) is 16.7. The summed E-state index contributed by atoms with van der Waals surface area (Å²) in [5.74, 6) is 0.839. The van der Waals surface area contributed by atoms with Gasteiger partial charge in [-0.1, -0.05) is 0 Å². The predicted molar refractivity (Wildman–Crippen MR) is 86.7 cm³/mol. The summed E-state index contributed by atoms with van der Waals surface area (Å²) in [6, 6.07) is 5.16. The summed E-state index contributed by atoms with van der Waals surface area (Å²) in [4.78, 5) is 15.6. The van der Waals surface area contributed by atoms with Crippen molar-refractivity contribution in [3.63, 3.8) is 0 Å². The fourth-order valence-corrected chi connectivity index (χ4v) is 2.13. The minimum Gasteiger partial charge on any atom is -1.00 e. The average molecular weight is 450 g/mol. The number of halogens is 2. The van der Waals surface area contributed by atoms with Crippen molar-refractivity contribution in [2.75, 3.05) is 13.2 Å². The Kier molecular flexibility index (Phi) is 13.8. The van der Waals surface area contributed by atoms with Crippen LogP contribution in [0.2, 0.25) is 0 Å². The van der Waals surface area contributed by atoms with Gasteiger partial charge in [0.1, 0.15) is 11.5 Å². The molecule has 26 heavy (non-hydrogen) atoms. The van der Waals surface area contributed by atoms with Crippen LogP contribution in [0.15, 0.2) is 42.1 Å². The quantitative estimate of drug-likeness (QED) is 0.281. The van der Waals surface area contributed by atoms with Crippen LogP contribution >= 0.6 is 0 Å². The van der Waals surface area contributed by atoms with E-state index in [1.165, 1.54) is 0 Å². The standard InChI is InChI=1S/C17H19N3O3.2ClH.Zn/c1-3-22-14-9-10-16(23-4-2)15(11-14)17(21)19-12-5-7-13(20-18)8-6-12;;;/h5-7,9-11H,3-4,8H2,1-2H3,(H,19,21);2*1H;/q;;;+2/p-2. The summed E-state index contributed by atoms with van der Waals surface area (Å²) in [7, 11) is 0. The normalized spacial score (nSPS) is 11.6. The Balaban J connectivity index is 0. The van der Waals surface area contributed by atoms with Crippen LogP contribution in [0.5, 0.6) is 11.5 Å². The first-order valence-electron chi connectivity index (χ1n) is 7.48. The third-order valence-corrected chi connectivity index (χ3v) is 3.18. The van der Waals surface area contributed by atoms with Crippen LogP contribution < -0.4 is 39.6 Å². The number of amides is 1. The largest absolute Gasteiger partial charge is 2.00 e. The van der Waals surface area contributed by atoms with Crippen LogP contribution in [0, 0.1) is 0 Å². The van der Waals surface area contributed by atoms with Crippen molar-refractivity contribution in [2.24, 2.45) is 0 Å². The van der Waals surface area contributed by atoms with E-state index in [0.717, 1.165) is 0 Å². The van der Waals surface area contributed by atoms with Crippen LogP contribution in [-0.2, 0) is 19.5 Å². The van der Waals surface area contributed by atoms with Crippen molar-refractivity contribution < 1.29 is 63.4 Å². The molecule has 0 aliphatic heterocycles. The molecular formula is C17H19Cl2N3O3Zn. The van der Waals surface area contributed by atoms with Gasteiger partial charge in [0.25, 0.3) is 11.6 Å². The first-order valence-corrected chi connectivity index (χ1v) is 7.48. The molecule has 9 heteroatoms. The Hall–Kier alpha value is -1.65. The van der Waals surface area contributed by atoms with Crippen molar-refractivity contribution >= 4 is 11.6 Å². The number of carbonyl (C=O) groups is 1. The molecule has 1 aliphatic rings. The molecule has 0 saturated heterocycles. The molecule has 0 saturated carbocycles. The molecule has 1 N–H and O–H groups in total. The minimum atomic E-state index is -0.282.